The highest BCUT2D eigenvalue weighted by Crippen LogP contribution is 2.37. The number of rotatable bonds is 4. The third-order valence-electron chi connectivity index (χ3n) is 5.70. The monoisotopic (exact) mass is 387 g/mol. The molecule has 1 saturated heterocycles. The first-order valence-electron chi connectivity index (χ1n) is 9.86. The Balaban J connectivity index is 0.00000109. The summed E-state index contributed by atoms with van der Waals surface area (Å²) in [6, 6.07) is 9.70. The molecule has 1 unspecified atom stereocenters. The molecule has 3 aliphatic rings. The average molecular weight is 387 g/mol. The van der Waals surface area contributed by atoms with Crippen molar-refractivity contribution in [3.05, 3.63) is 35.9 Å². The molecule has 0 bridgehead atoms. The molecule has 152 valence electrons. The van der Waals surface area contributed by atoms with Crippen molar-refractivity contribution in [3.63, 3.8) is 0 Å². The zero-order valence-electron chi connectivity index (χ0n) is 16.0. The van der Waals surface area contributed by atoms with E-state index in [9.17, 15) is 9.59 Å². The van der Waals surface area contributed by atoms with E-state index >= 15 is 0 Å². The maximum atomic E-state index is 12.3. The van der Waals surface area contributed by atoms with Gasteiger partial charge in [-0.3, -0.25) is 16.5 Å². The third kappa shape index (κ3) is 5.08. The van der Waals surface area contributed by atoms with Crippen LogP contribution in [0.5, 0.6) is 0 Å². The number of hydrazone groups is 1. The summed E-state index contributed by atoms with van der Waals surface area (Å²) in [4.78, 5) is 26.3. The van der Waals surface area contributed by atoms with Crippen molar-refractivity contribution in [1.29, 1.82) is 0 Å². The number of piperidine rings is 1. The summed E-state index contributed by atoms with van der Waals surface area (Å²) in [5, 5.41) is 4.25. The van der Waals surface area contributed by atoms with Crippen LogP contribution in [0.1, 0.15) is 37.7 Å². The molecule has 2 amide bonds. The molecule has 28 heavy (non-hydrogen) atoms. The van der Waals surface area contributed by atoms with E-state index in [-0.39, 0.29) is 17.9 Å². The molecule has 0 aromatic heterocycles. The molecule has 2 fully saturated rings. The molecule has 1 saturated carbocycles. The predicted octanol–water partition coefficient (Wildman–Crippen LogP) is 1.76. The van der Waals surface area contributed by atoms with E-state index in [4.69, 9.17) is 4.74 Å². The number of likely N-dealkylation sites (tertiary alicyclic amines) is 1. The summed E-state index contributed by atoms with van der Waals surface area (Å²) < 4.78 is 5.41. The summed E-state index contributed by atoms with van der Waals surface area (Å²) in [6.07, 6.45) is 4.62. The van der Waals surface area contributed by atoms with Crippen LogP contribution in [-0.4, -0.2) is 35.7 Å². The molecule has 1 atom stereocenters. The molecule has 8 heteroatoms. The average Bonchev–Trinajstić information content (AvgIpc) is 3.60. The summed E-state index contributed by atoms with van der Waals surface area (Å²) >= 11 is 0. The van der Waals surface area contributed by atoms with Crippen LogP contribution in [0, 0.1) is 17.8 Å². The second kappa shape index (κ2) is 9.66. The molecule has 0 radical (unpaired) electrons. The molecular formula is C20H29N5O3. The van der Waals surface area contributed by atoms with E-state index in [1.165, 1.54) is 18.6 Å². The second-order valence-corrected chi connectivity index (χ2v) is 7.53. The lowest BCUT2D eigenvalue weighted by Gasteiger charge is -2.36. The molecule has 2 aliphatic heterocycles. The number of carbonyl (C=O) groups is 2. The number of nitrogens with two attached hydrogens (primary N) is 2. The van der Waals surface area contributed by atoms with Gasteiger partial charge in [-0.1, -0.05) is 30.3 Å². The summed E-state index contributed by atoms with van der Waals surface area (Å²) in [5.74, 6) is 8.95. The van der Waals surface area contributed by atoms with Crippen molar-refractivity contribution >= 4 is 17.7 Å². The van der Waals surface area contributed by atoms with E-state index in [0.29, 0.717) is 31.5 Å². The first-order chi connectivity index (χ1) is 13.7. The Morgan fingerprint density at radius 1 is 1.14 bits per heavy atom. The molecule has 2 heterocycles. The van der Waals surface area contributed by atoms with Crippen molar-refractivity contribution < 1.29 is 14.3 Å². The van der Waals surface area contributed by atoms with Crippen molar-refractivity contribution in [2.45, 2.75) is 38.7 Å². The van der Waals surface area contributed by atoms with Crippen LogP contribution in [0.3, 0.4) is 0 Å². The summed E-state index contributed by atoms with van der Waals surface area (Å²) in [6.45, 7) is 1.60. The molecule has 8 nitrogen and oxygen atoms in total. The van der Waals surface area contributed by atoms with Crippen molar-refractivity contribution in [2.75, 3.05) is 13.1 Å². The highest BCUT2D eigenvalue weighted by atomic mass is 16.6. The van der Waals surface area contributed by atoms with E-state index in [1.807, 2.05) is 30.3 Å². The van der Waals surface area contributed by atoms with Crippen LogP contribution in [0.4, 0.5) is 4.79 Å². The molecular weight excluding hydrogens is 358 g/mol. The predicted molar refractivity (Wildman–Crippen MR) is 106 cm³/mol. The van der Waals surface area contributed by atoms with E-state index in [2.05, 4.69) is 22.2 Å². The molecule has 1 aromatic carbocycles. The number of carbonyl (C=O) groups excluding carboxylic acids is 2. The van der Waals surface area contributed by atoms with Gasteiger partial charge >= 0.3 is 6.09 Å². The fourth-order valence-corrected chi connectivity index (χ4v) is 3.92. The van der Waals surface area contributed by atoms with Gasteiger partial charge in [-0.2, -0.15) is 5.10 Å². The first-order valence-corrected chi connectivity index (χ1v) is 9.86. The van der Waals surface area contributed by atoms with Crippen LogP contribution < -0.4 is 17.1 Å². The van der Waals surface area contributed by atoms with Crippen molar-refractivity contribution in [1.82, 2.24) is 10.3 Å². The SMILES string of the molecule is NN.O=C1NN=C(C2CC2)CC1C1CCN(C(=O)OCc2ccccc2)CC1. The zero-order valence-corrected chi connectivity index (χ0v) is 16.0. The van der Waals surface area contributed by atoms with E-state index < -0.39 is 0 Å². The van der Waals surface area contributed by atoms with Gasteiger partial charge < -0.3 is 9.64 Å². The van der Waals surface area contributed by atoms with Crippen LogP contribution in [-0.2, 0) is 16.1 Å². The lowest BCUT2D eigenvalue weighted by Crippen LogP contribution is -2.45. The Kier molecular flexibility index (Phi) is 7.00. The fraction of sp³-hybridized carbons (Fsp3) is 0.550. The number of hydrogen-bond donors (Lipinski definition) is 3. The topological polar surface area (TPSA) is 123 Å². The van der Waals surface area contributed by atoms with Crippen molar-refractivity contribution in [3.8, 4) is 0 Å². The Labute approximate surface area is 165 Å². The minimum atomic E-state index is -0.263. The molecule has 5 N–H and O–H groups in total. The summed E-state index contributed by atoms with van der Waals surface area (Å²) in [7, 11) is 0. The van der Waals surface area contributed by atoms with Crippen molar-refractivity contribution in [2.24, 2.45) is 34.5 Å². The van der Waals surface area contributed by atoms with Gasteiger partial charge in [0, 0.05) is 24.7 Å². The smallest absolute Gasteiger partial charge is 0.410 e. The first kappa shape index (κ1) is 20.3. The molecule has 4 rings (SSSR count). The van der Waals surface area contributed by atoms with Crippen LogP contribution in [0.25, 0.3) is 0 Å². The van der Waals surface area contributed by atoms with E-state index in [0.717, 1.165) is 24.8 Å². The largest absolute Gasteiger partial charge is 0.445 e. The van der Waals surface area contributed by atoms with Crippen LogP contribution in [0.15, 0.2) is 35.4 Å². The van der Waals surface area contributed by atoms with Gasteiger partial charge in [-0.05, 0) is 49.5 Å². The summed E-state index contributed by atoms with van der Waals surface area (Å²) in [5.41, 5.74) is 4.87. The van der Waals surface area contributed by atoms with Gasteiger partial charge in [-0.25, -0.2) is 10.2 Å². The Morgan fingerprint density at radius 2 is 1.82 bits per heavy atom. The molecule has 0 spiro atoms. The number of benzene rings is 1. The minimum Gasteiger partial charge on any atom is -0.445 e. The van der Waals surface area contributed by atoms with Gasteiger partial charge in [0.15, 0.2) is 0 Å². The van der Waals surface area contributed by atoms with Crippen LogP contribution in [0.2, 0.25) is 0 Å². The fourth-order valence-electron chi connectivity index (χ4n) is 3.92. The minimum absolute atomic E-state index is 0.00518. The number of nitrogens with zero attached hydrogens (tertiary/aromatic N) is 2. The third-order valence-corrected chi connectivity index (χ3v) is 5.70. The molecule has 1 aliphatic carbocycles. The van der Waals surface area contributed by atoms with Gasteiger partial charge in [0.2, 0.25) is 5.91 Å². The number of ether oxygens (including phenoxy) is 1. The normalized spacial score (nSPS) is 22.5. The Bertz CT molecular complexity index is 697. The zero-order chi connectivity index (χ0) is 19.9. The highest BCUT2D eigenvalue weighted by Gasteiger charge is 2.39. The lowest BCUT2D eigenvalue weighted by molar-refractivity contribution is -0.127. The maximum Gasteiger partial charge on any atom is 0.410 e. The second-order valence-electron chi connectivity index (χ2n) is 7.53. The number of hydrazine groups is 1. The van der Waals surface area contributed by atoms with Gasteiger partial charge in [0.1, 0.15) is 6.61 Å². The maximum absolute atomic E-state index is 12.3. The Morgan fingerprint density at radius 3 is 2.46 bits per heavy atom. The highest BCUT2D eigenvalue weighted by molar-refractivity contribution is 5.96. The number of amides is 2. The standard InChI is InChI=1S/C20H25N3O3.H4N2/c24-19-17(12-18(21-22-19)16-6-7-16)15-8-10-23(11-9-15)20(25)26-13-14-4-2-1-3-5-14;1-2/h1-5,15-17H,6-13H2,(H,22,24);1-2H2. The number of nitrogens with one attached hydrogen (secondary N) is 1. The van der Waals surface area contributed by atoms with Gasteiger partial charge in [0.05, 0.1) is 0 Å². The van der Waals surface area contributed by atoms with E-state index in [1.54, 1.807) is 4.90 Å². The Hall–Kier alpha value is -2.45. The molecule has 1 aromatic rings. The van der Waals surface area contributed by atoms with Crippen LogP contribution >= 0.6 is 0 Å². The number of hydrogen-bond acceptors (Lipinski definition) is 6. The lowest BCUT2D eigenvalue weighted by atomic mass is 9.79. The quantitative estimate of drug-likeness (QED) is 0.536. The van der Waals surface area contributed by atoms with Gasteiger partial charge in [-0.15, -0.1) is 0 Å². The van der Waals surface area contributed by atoms with Gasteiger partial charge in [0.25, 0.3) is 0 Å².